The van der Waals surface area contributed by atoms with Gasteiger partial charge in [-0.15, -0.1) is 0 Å². The van der Waals surface area contributed by atoms with Crippen LogP contribution >= 0.6 is 0 Å². The number of anilines is 2. The molecular weight excluding hydrogens is 256 g/mol. The molecular formula is C14H22N4O2. The summed E-state index contributed by atoms with van der Waals surface area (Å²) in [6.07, 6.45) is 2.70. The van der Waals surface area contributed by atoms with E-state index in [2.05, 4.69) is 21.7 Å². The molecule has 0 atom stereocenters. The molecule has 0 radical (unpaired) electrons. The Kier molecular flexibility index (Phi) is 4.79. The van der Waals surface area contributed by atoms with Crippen LogP contribution in [0.2, 0.25) is 0 Å². The second-order valence-electron chi connectivity index (χ2n) is 4.95. The van der Waals surface area contributed by atoms with Gasteiger partial charge < -0.3 is 15.4 Å². The Bertz CT molecular complexity index is 470. The molecule has 6 heteroatoms. The molecule has 0 aromatic carbocycles. The van der Waals surface area contributed by atoms with E-state index in [0.717, 1.165) is 38.5 Å². The topological polar surface area (TPSA) is 71.7 Å². The van der Waals surface area contributed by atoms with Crippen molar-refractivity contribution >= 4 is 17.5 Å². The number of hydrogen-bond acceptors (Lipinski definition) is 6. The number of ether oxygens (including phenoxy) is 1. The monoisotopic (exact) mass is 278 g/mol. The van der Waals surface area contributed by atoms with Gasteiger partial charge in [0.1, 0.15) is 5.82 Å². The van der Waals surface area contributed by atoms with E-state index in [1.165, 1.54) is 19.7 Å². The fourth-order valence-corrected chi connectivity index (χ4v) is 2.43. The summed E-state index contributed by atoms with van der Waals surface area (Å²) in [7, 11) is 1.35. The fraction of sp³-hybridized carbons (Fsp3) is 0.571. The van der Waals surface area contributed by atoms with Crippen molar-refractivity contribution < 1.29 is 9.53 Å². The van der Waals surface area contributed by atoms with Crippen LogP contribution in [-0.2, 0) is 4.74 Å². The quantitative estimate of drug-likeness (QED) is 0.828. The van der Waals surface area contributed by atoms with Crippen LogP contribution in [0, 0.1) is 0 Å². The van der Waals surface area contributed by atoms with Gasteiger partial charge in [0.15, 0.2) is 0 Å². The molecule has 1 aliphatic rings. The lowest BCUT2D eigenvalue weighted by Crippen LogP contribution is -2.46. The van der Waals surface area contributed by atoms with Crippen molar-refractivity contribution in [3.63, 3.8) is 0 Å². The van der Waals surface area contributed by atoms with Gasteiger partial charge >= 0.3 is 5.97 Å². The maximum atomic E-state index is 11.6. The molecule has 0 unspecified atom stereocenters. The van der Waals surface area contributed by atoms with E-state index in [1.54, 1.807) is 6.07 Å². The molecule has 2 rings (SSSR count). The SMILES string of the molecule is CCCN1CCN(c2cc(C(=O)OC)c(N)cn2)CC1. The smallest absolute Gasteiger partial charge is 0.340 e. The third kappa shape index (κ3) is 3.19. The first-order valence-corrected chi connectivity index (χ1v) is 6.96. The van der Waals surface area contributed by atoms with Crippen LogP contribution in [0.15, 0.2) is 12.3 Å². The number of rotatable bonds is 4. The first-order valence-electron chi connectivity index (χ1n) is 6.96. The maximum absolute atomic E-state index is 11.6. The number of nitrogens with two attached hydrogens (primary N) is 1. The summed E-state index contributed by atoms with van der Waals surface area (Å²) in [4.78, 5) is 20.6. The van der Waals surface area contributed by atoms with Gasteiger partial charge in [0, 0.05) is 26.2 Å². The number of nitrogens with zero attached hydrogens (tertiary/aromatic N) is 3. The third-order valence-electron chi connectivity index (χ3n) is 3.56. The lowest BCUT2D eigenvalue weighted by atomic mass is 10.2. The Labute approximate surface area is 119 Å². The van der Waals surface area contributed by atoms with Crippen LogP contribution in [0.3, 0.4) is 0 Å². The lowest BCUT2D eigenvalue weighted by Gasteiger charge is -2.35. The van der Waals surface area contributed by atoms with E-state index in [4.69, 9.17) is 10.5 Å². The number of hydrogen-bond donors (Lipinski definition) is 1. The number of pyridine rings is 1. The molecule has 2 heterocycles. The molecule has 0 spiro atoms. The minimum atomic E-state index is -0.421. The first-order chi connectivity index (χ1) is 9.65. The van der Waals surface area contributed by atoms with E-state index < -0.39 is 5.97 Å². The van der Waals surface area contributed by atoms with Crippen molar-refractivity contribution in [2.45, 2.75) is 13.3 Å². The highest BCUT2D eigenvalue weighted by molar-refractivity contribution is 5.95. The highest BCUT2D eigenvalue weighted by Gasteiger charge is 2.19. The first kappa shape index (κ1) is 14.6. The Balaban J connectivity index is 2.08. The average Bonchev–Trinajstić information content (AvgIpc) is 2.48. The van der Waals surface area contributed by atoms with Crippen molar-refractivity contribution in [2.75, 3.05) is 50.5 Å². The zero-order chi connectivity index (χ0) is 14.5. The van der Waals surface area contributed by atoms with Crippen LogP contribution in [0.5, 0.6) is 0 Å². The van der Waals surface area contributed by atoms with Crippen molar-refractivity contribution in [3.8, 4) is 0 Å². The van der Waals surface area contributed by atoms with Gasteiger partial charge in [-0.3, -0.25) is 4.90 Å². The molecule has 1 saturated heterocycles. The standard InChI is InChI=1S/C14H22N4O2/c1-3-4-17-5-7-18(8-6-17)13-9-11(14(19)20-2)12(15)10-16-13/h9-10H,3-8,15H2,1-2H3. The number of carbonyl (C=O) groups excluding carboxylic acids is 1. The van der Waals surface area contributed by atoms with Gasteiger partial charge in [0.2, 0.25) is 0 Å². The van der Waals surface area contributed by atoms with Crippen LogP contribution in [-0.4, -0.2) is 55.7 Å². The van der Waals surface area contributed by atoms with E-state index >= 15 is 0 Å². The van der Waals surface area contributed by atoms with Crippen LogP contribution in [0.25, 0.3) is 0 Å². The average molecular weight is 278 g/mol. The number of aromatic nitrogens is 1. The van der Waals surface area contributed by atoms with Gasteiger partial charge in [-0.2, -0.15) is 0 Å². The number of carbonyl (C=O) groups is 1. The predicted octanol–water partition coefficient (Wildman–Crippen LogP) is 0.982. The lowest BCUT2D eigenvalue weighted by molar-refractivity contribution is 0.0602. The molecule has 0 amide bonds. The molecule has 1 aliphatic heterocycles. The molecule has 0 saturated carbocycles. The summed E-state index contributed by atoms with van der Waals surface area (Å²) in [5, 5.41) is 0. The highest BCUT2D eigenvalue weighted by atomic mass is 16.5. The number of piperazine rings is 1. The minimum Gasteiger partial charge on any atom is -0.465 e. The number of nitrogen functional groups attached to an aromatic ring is 1. The van der Waals surface area contributed by atoms with Gasteiger partial charge in [-0.05, 0) is 19.0 Å². The normalized spacial score (nSPS) is 16.2. The molecule has 0 bridgehead atoms. The van der Waals surface area contributed by atoms with Gasteiger partial charge in [-0.1, -0.05) is 6.92 Å². The third-order valence-corrected chi connectivity index (χ3v) is 3.56. The summed E-state index contributed by atoms with van der Waals surface area (Å²) in [5.41, 5.74) is 6.50. The van der Waals surface area contributed by atoms with E-state index in [9.17, 15) is 4.79 Å². The molecule has 1 aromatic heterocycles. The molecule has 110 valence electrons. The summed E-state index contributed by atoms with van der Waals surface area (Å²) in [5.74, 6) is 0.367. The van der Waals surface area contributed by atoms with Gasteiger partial charge in [0.05, 0.1) is 24.6 Å². The minimum absolute atomic E-state index is 0.352. The zero-order valence-corrected chi connectivity index (χ0v) is 12.1. The van der Waals surface area contributed by atoms with Gasteiger partial charge in [0.25, 0.3) is 0 Å². The summed E-state index contributed by atoms with van der Waals surface area (Å²) >= 11 is 0. The summed E-state index contributed by atoms with van der Waals surface area (Å²) in [6, 6.07) is 1.72. The molecule has 6 nitrogen and oxygen atoms in total. The Morgan fingerprint density at radius 1 is 1.40 bits per heavy atom. The fourth-order valence-electron chi connectivity index (χ4n) is 2.43. The highest BCUT2D eigenvalue weighted by Crippen LogP contribution is 2.20. The largest absolute Gasteiger partial charge is 0.465 e. The van der Waals surface area contributed by atoms with E-state index in [0.29, 0.717) is 11.3 Å². The Hall–Kier alpha value is -1.82. The van der Waals surface area contributed by atoms with Gasteiger partial charge in [-0.25, -0.2) is 9.78 Å². The zero-order valence-electron chi connectivity index (χ0n) is 12.1. The molecule has 2 N–H and O–H groups in total. The Morgan fingerprint density at radius 2 is 2.10 bits per heavy atom. The number of esters is 1. The molecule has 1 fully saturated rings. The maximum Gasteiger partial charge on any atom is 0.340 e. The predicted molar refractivity (Wildman–Crippen MR) is 78.9 cm³/mol. The molecule has 20 heavy (non-hydrogen) atoms. The van der Waals surface area contributed by atoms with E-state index in [-0.39, 0.29) is 0 Å². The van der Waals surface area contributed by atoms with Crippen LogP contribution < -0.4 is 10.6 Å². The second-order valence-corrected chi connectivity index (χ2v) is 4.95. The van der Waals surface area contributed by atoms with Crippen molar-refractivity contribution in [2.24, 2.45) is 0 Å². The van der Waals surface area contributed by atoms with Crippen molar-refractivity contribution in [1.82, 2.24) is 9.88 Å². The summed E-state index contributed by atoms with van der Waals surface area (Å²) in [6.45, 7) is 7.20. The van der Waals surface area contributed by atoms with Crippen molar-refractivity contribution in [1.29, 1.82) is 0 Å². The van der Waals surface area contributed by atoms with Crippen LogP contribution in [0.4, 0.5) is 11.5 Å². The second kappa shape index (κ2) is 6.56. The van der Waals surface area contributed by atoms with Crippen molar-refractivity contribution in [3.05, 3.63) is 17.8 Å². The molecule has 0 aliphatic carbocycles. The number of methoxy groups -OCH3 is 1. The summed E-state index contributed by atoms with van der Waals surface area (Å²) < 4.78 is 4.73. The van der Waals surface area contributed by atoms with E-state index in [1.807, 2.05) is 0 Å². The Morgan fingerprint density at radius 3 is 2.70 bits per heavy atom. The van der Waals surface area contributed by atoms with Crippen LogP contribution in [0.1, 0.15) is 23.7 Å². The molecule has 1 aromatic rings.